The van der Waals surface area contributed by atoms with E-state index in [1.54, 1.807) is 42.0 Å². The smallest absolute Gasteiger partial charge is 0.262 e. The molecule has 1 aromatic heterocycles. The van der Waals surface area contributed by atoms with Crippen LogP contribution in [0.3, 0.4) is 0 Å². The van der Waals surface area contributed by atoms with Crippen molar-refractivity contribution in [1.29, 1.82) is 0 Å². The number of nitrogens with zero attached hydrogens (tertiary/aromatic N) is 3. The minimum absolute atomic E-state index is 0.0973. The Morgan fingerprint density at radius 1 is 0.933 bits per heavy atom. The highest BCUT2D eigenvalue weighted by molar-refractivity contribution is 7.99. The normalized spacial score (nSPS) is 13.3. The lowest BCUT2D eigenvalue weighted by Crippen LogP contribution is -2.32. The molecule has 0 unspecified atom stereocenters. The maximum atomic E-state index is 13.0. The first-order chi connectivity index (χ1) is 14.6. The average molecular weight is 423 g/mol. The van der Waals surface area contributed by atoms with Crippen molar-refractivity contribution < 1.29 is 14.3 Å². The molecule has 0 saturated carbocycles. The summed E-state index contributed by atoms with van der Waals surface area (Å²) < 4.78 is 6.76. The van der Waals surface area contributed by atoms with E-state index in [0.717, 1.165) is 0 Å². The van der Waals surface area contributed by atoms with Gasteiger partial charge in [0.25, 0.3) is 17.4 Å². The molecule has 0 bridgehead atoms. The number of thioether (sulfide) groups is 1. The van der Waals surface area contributed by atoms with Gasteiger partial charge in [0.15, 0.2) is 5.16 Å². The third kappa shape index (κ3) is 3.76. The molecule has 0 aliphatic carbocycles. The molecular formula is C22H21N3O4S. The van der Waals surface area contributed by atoms with E-state index in [2.05, 4.69) is 4.98 Å². The topological polar surface area (TPSA) is 81.5 Å². The van der Waals surface area contributed by atoms with Gasteiger partial charge in [0.05, 0.1) is 22.0 Å². The summed E-state index contributed by atoms with van der Waals surface area (Å²) in [7, 11) is 1.62. The van der Waals surface area contributed by atoms with Gasteiger partial charge in [-0.2, -0.15) is 0 Å². The van der Waals surface area contributed by atoms with E-state index in [4.69, 9.17) is 4.74 Å². The van der Waals surface area contributed by atoms with E-state index in [-0.39, 0.29) is 23.9 Å². The molecule has 3 aromatic rings. The molecule has 2 heterocycles. The summed E-state index contributed by atoms with van der Waals surface area (Å²) in [4.78, 5) is 43.9. The third-order valence-corrected chi connectivity index (χ3v) is 5.94. The summed E-state index contributed by atoms with van der Waals surface area (Å²) in [6.45, 7) is 1.27. The largest absolute Gasteiger partial charge is 0.385 e. The highest BCUT2D eigenvalue weighted by Crippen LogP contribution is 2.24. The van der Waals surface area contributed by atoms with Crippen molar-refractivity contribution in [2.75, 3.05) is 26.0 Å². The first-order valence-corrected chi connectivity index (χ1v) is 10.7. The first kappa shape index (κ1) is 20.3. The van der Waals surface area contributed by atoms with E-state index >= 15 is 0 Å². The van der Waals surface area contributed by atoms with Crippen molar-refractivity contribution in [3.05, 3.63) is 70.0 Å². The molecule has 30 heavy (non-hydrogen) atoms. The summed E-state index contributed by atoms with van der Waals surface area (Å²) in [5.41, 5.74) is 1.41. The lowest BCUT2D eigenvalue weighted by molar-refractivity contribution is 0.0664. The van der Waals surface area contributed by atoms with Crippen LogP contribution >= 0.6 is 11.8 Å². The Labute approximate surface area is 177 Å². The molecule has 7 nitrogen and oxygen atoms in total. The molecule has 0 saturated heterocycles. The fourth-order valence-electron chi connectivity index (χ4n) is 3.49. The predicted molar refractivity (Wildman–Crippen MR) is 115 cm³/mol. The molecule has 2 amide bonds. The van der Waals surface area contributed by atoms with Crippen LogP contribution in [0.25, 0.3) is 10.9 Å². The molecule has 8 heteroatoms. The second-order valence-corrected chi connectivity index (χ2v) is 7.93. The molecule has 154 valence electrons. The molecular weight excluding hydrogens is 402 g/mol. The number of fused-ring (bicyclic) bond motifs is 2. The molecule has 0 N–H and O–H groups in total. The number of amides is 2. The Morgan fingerprint density at radius 3 is 2.30 bits per heavy atom. The van der Waals surface area contributed by atoms with Gasteiger partial charge in [-0.3, -0.25) is 23.9 Å². The fraction of sp³-hybridized carbons (Fsp3) is 0.273. The third-order valence-electron chi connectivity index (χ3n) is 4.98. The van der Waals surface area contributed by atoms with Gasteiger partial charge in [-0.05, 0) is 30.7 Å². The predicted octanol–water partition coefficient (Wildman–Crippen LogP) is 2.82. The van der Waals surface area contributed by atoms with Gasteiger partial charge in [0, 0.05) is 32.6 Å². The highest BCUT2D eigenvalue weighted by atomic mass is 32.2. The lowest BCUT2D eigenvalue weighted by Gasteiger charge is -2.15. The number of hydrogen-bond donors (Lipinski definition) is 0. The minimum atomic E-state index is -0.278. The summed E-state index contributed by atoms with van der Waals surface area (Å²) >= 11 is 1.37. The van der Waals surface area contributed by atoms with Crippen LogP contribution in [0.2, 0.25) is 0 Å². The van der Waals surface area contributed by atoms with Gasteiger partial charge in [-0.15, -0.1) is 0 Å². The summed E-state index contributed by atoms with van der Waals surface area (Å²) in [6, 6.07) is 14.1. The molecule has 0 atom stereocenters. The van der Waals surface area contributed by atoms with Gasteiger partial charge in [-0.25, -0.2) is 4.98 Å². The second-order valence-electron chi connectivity index (χ2n) is 6.87. The number of rotatable bonds is 8. The van der Waals surface area contributed by atoms with Crippen LogP contribution in [0.1, 0.15) is 27.1 Å². The minimum Gasteiger partial charge on any atom is -0.385 e. The number of methoxy groups -OCH3 is 1. The van der Waals surface area contributed by atoms with Gasteiger partial charge in [-0.1, -0.05) is 36.0 Å². The summed E-state index contributed by atoms with van der Waals surface area (Å²) in [5.74, 6) is -0.110. The van der Waals surface area contributed by atoms with E-state index in [9.17, 15) is 14.4 Å². The molecule has 1 aliphatic rings. The van der Waals surface area contributed by atoms with Crippen molar-refractivity contribution in [2.24, 2.45) is 0 Å². The zero-order chi connectivity index (χ0) is 21.1. The Bertz CT molecular complexity index is 1140. The molecule has 2 aromatic carbocycles. The zero-order valence-corrected chi connectivity index (χ0v) is 17.4. The van der Waals surface area contributed by atoms with E-state index in [1.807, 2.05) is 18.2 Å². The second kappa shape index (κ2) is 8.81. The fourth-order valence-corrected chi connectivity index (χ4v) is 4.44. The lowest BCUT2D eigenvalue weighted by atomic mass is 10.1. The molecule has 0 spiro atoms. The molecule has 0 radical (unpaired) electrons. The monoisotopic (exact) mass is 423 g/mol. The maximum absolute atomic E-state index is 13.0. The number of aromatic nitrogens is 2. The average Bonchev–Trinajstić information content (AvgIpc) is 3.01. The molecule has 1 aliphatic heterocycles. The highest BCUT2D eigenvalue weighted by Gasteiger charge is 2.34. The Kier molecular flexibility index (Phi) is 5.96. The van der Waals surface area contributed by atoms with Crippen LogP contribution in [0.5, 0.6) is 0 Å². The van der Waals surface area contributed by atoms with E-state index in [1.165, 1.54) is 16.7 Å². The zero-order valence-electron chi connectivity index (χ0n) is 16.5. The van der Waals surface area contributed by atoms with Gasteiger partial charge in [0.1, 0.15) is 0 Å². The molecule has 0 fully saturated rings. The van der Waals surface area contributed by atoms with Gasteiger partial charge >= 0.3 is 0 Å². The Balaban J connectivity index is 1.54. The SMILES string of the molecule is COCCCn1c(SCCN2C(=O)c3ccccc3C2=O)nc2ccccc2c1=O. The van der Waals surface area contributed by atoms with Crippen molar-refractivity contribution in [3.8, 4) is 0 Å². The standard InChI is InChI=1S/C22H21N3O4S/c1-29-13-6-11-25-21(28)17-9-4-5-10-18(17)23-22(25)30-14-12-24-19(26)15-7-2-3-8-16(15)20(24)27/h2-5,7-10H,6,11-14H2,1H3. The van der Waals surface area contributed by atoms with Crippen LogP contribution in [0, 0.1) is 0 Å². The quantitative estimate of drug-likeness (QED) is 0.240. The van der Waals surface area contributed by atoms with Crippen LogP contribution in [0.4, 0.5) is 0 Å². The number of benzene rings is 2. The van der Waals surface area contributed by atoms with Crippen molar-refractivity contribution in [2.45, 2.75) is 18.1 Å². The number of hydrogen-bond acceptors (Lipinski definition) is 6. The van der Waals surface area contributed by atoms with Crippen molar-refractivity contribution in [3.63, 3.8) is 0 Å². The van der Waals surface area contributed by atoms with Crippen LogP contribution < -0.4 is 5.56 Å². The van der Waals surface area contributed by atoms with E-state index < -0.39 is 0 Å². The number of carbonyl (C=O) groups excluding carboxylic acids is 2. The Hall–Kier alpha value is -2.97. The number of carbonyl (C=O) groups is 2. The van der Waals surface area contributed by atoms with Crippen LogP contribution in [-0.2, 0) is 11.3 Å². The maximum Gasteiger partial charge on any atom is 0.262 e. The van der Waals surface area contributed by atoms with Crippen LogP contribution in [0.15, 0.2) is 58.5 Å². The summed E-state index contributed by atoms with van der Waals surface area (Å²) in [6.07, 6.45) is 0.683. The van der Waals surface area contributed by atoms with Gasteiger partial charge in [0.2, 0.25) is 0 Å². The van der Waals surface area contributed by atoms with Crippen molar-refractivity contribution in [1.82, 2.24) is 14.5 Å². The van der Waals surface area contributed by atoms with E-state index in [0.29, 0.717) is 52.5 Å². The first-order valence-electron chi connectivity index (χ1n) is 9.68. The molecule has 4 rings (SSSR count). The van der Waals surface area contributed by atoms with Crippen LogP contribution in [-0.4, -0.2) is 52.3 Å². The number of para-hydroxylation sites is 1. The number of imide groups is 1. The van der Waals surface area contributed by atoms with Gasteiger partial charge < -0.3 is 4.74 Å². The summed E-state index contributed by atoms with van der Waals surface area (Å²) in [5, 5.41) is 1.14. The number of ether oxygens (including phenoxy) is 1. The Morgan fingerprint density at radius 2 is 1.60 bits per heavy atom. The van der Waals surface area contributed by atoms with Crippen molar-refractivity contribution >= 4 is 34.5 Å².